The summed E-state index contributed by atoms with van der Waals surface area (Å²) >= 11 is 0. The molecule has 13 heteroatoms. The van der Waals surface area contributed by atoms with Crippen molar-refractivity contribution in [2.45, 2.75) is 58.3 Å². The molecule has 0 aromatic heterocycles. The summed E-state index contributed by atoms with van der Waals surface area (Å²) in [6.45, 7) is 6.28. The van der Waals surface area contributed by atoms with Crippen LogP contribution in [0.5, 0.6) is 0 Å². The Morgan fingerprint density at radius 2 is 1.39 bits per heavy atom. The van der Waals surface area contributed by atoms with Crippen molar-refractivity contribution in [2.24, 2.45) is 5.73 Å². The molecule has 33 heavy (non-hydrogen) atoms. The fourth-order valence-electron chi connectivity index (χ4n) is 3.06. The van der Waals surface area contributed by atoms with Crippen LogP contribution in [0.4, 0.5) is 0 Å². The number of ether oxygens (including phenoxy) is 7. The van der Waals surface area contributed by atoms with Crippen LogP contribution in [0.25, 0.3) is 0 Å². The molecule has 3 N–H and O–H groups in total. The number of esters is 3. The van der Waals surface area contributed by atoms with Crippen LogP contribution in [0, 0.1) is 0 Å². The highest BCUT2D eigenvalue weighted by Gasteiger charge is 2.51. The van der Waals surface area contributed by atoms with Crippen LogP contribution in [0.3, 0.4) is 0 Å². The summed E-state index contributed by atoms with van der Waals surface area (Å²) in [4.78, 5) is 46.6. The number of nitrogens with two attached hydrogens (primary N) is 1. The molecule has 1 unspecified atom stereocenters. The summed E-state index contributed by atoms with van der Waals surface area (Å²) in [6, 6.07) is -1.02. The van der Waals surface area contributed by atoms with Gasteiger partial charge in [0.05, 0.1) is 33.0 Å². The van der Waals surface area contributed by atoms with Crippen molar-refractivity contribution in [3.63, 3.8) is 0 Å². The maximum Gasteiger partial charge on any atom is 0.303 e. The van der Waals surface area contributed by atoms with Crippen LogP contribution in [-0.2, 0) is 52.3 Å². The number of nitrogens with one attached hydrogen (secondary N) is 1. The van der Waals surface area contributed by atoms with Gasteiger partial charge in [0.1, 0.15) is 18.8 Å². The molecule has 0 aromatic rings. The zero-order chi connectivity index (χ0) is 24.8. The largest absolute Gasteiger partial charge is 0.463 e. The van der Waals surface area contributed by atoms with Crippen molar-refractivity contribution in [1.29, 1.82) is 0 Å². The van der Waals surface area contributed by atoms with Gasteiger partial charge in [-0.15, -0.1) is 0 Å². The first-order valence-electron chi connectivity index (χ1n) is 10.5. The molecule has 1 saturated heterocycles. The average Bonchev–Trinajstić information content (AvgIpc) is 2.71. The second-order valence-corrected chi connectivity index (χ2v) is 7.10. The minimum atomic E-state index is -1.17. The molecule has 0 aromatic carbocycles. The minimum absolute atomic E-state index is 0.0585. The quantitative estimate of drug-likeness (QED) is 0.171. The van der Waals surface area contributed by atoms with Crippen molar-refractivity contribution >= 4 is 23.8 Å². The van der Waals surface area contributed by atoms with E-state index in [1.165, 1.54) is 20.8 Å². The molecule has 0 bridgehead atoms. The summed E-state index contributed by atoms with van der Waals surface area (Å²) in [5.41, 5.74) is 5.33. The second-order valence-electron chi connectivity index (χ2n) is 7.10. The van der Waals surface area contributed by atoms with E-state index in [1.807, 2.05) is 0 Å². The first kappa shape index (κ1) is 28.7. The Morgan fingerprint density at radius 3 is 1.94 bits per heavy atom. The van der Waals surface area contributed by atoms with E-state index in [-0.39, 0.29) is 19.8 Å². The van der Waals surface area contributed by atoms with Gasteiger partial charge in [-0.25, -0.2) is 0 Å². The van der Waals surface area contributed by atoms with Crippen LogP contribution in [0.15, 0.2) is 0 Å². The van der Waals surface area contributed by atoms with Crippen molar-refractivity contribution in [3.8, 4) is 0 Å². The molecule has 1 heterocycles. The minimum Gasteiger partial charge on any atom is -0.463 e. The molecular weight excluding hydrogens is 444 g/mol. The zero-order valence-corrected chi connectivity index (χ0v) is 19.4. The Kier molecular flexibility index (Phi) is 13.5. The number of carbonyl (C=O) groups is 4. The Morgan fingerprint density at radius 1 is 0.818 bits per heavy atom. The molecule has 1 aliphatic rings. The average molecular weight is 478 g/mol. The maximum atomic E-state index is 11.8. The van der Waals surface area contributed by atoms with Crippen LogP contribution in [-0.4, -0.2) is 101 Å². The number of hydrogen-bond acceptors (Lipinski definition) is 12. The number of hydrogen-bond donors (Lipinski definition) is 2. The van der Waals surface area contributed by atoms with Crippen molar-refractivity contribution < 1.29 is 52.3 Å². The van der Waals surface area contributed by atoms with Crippen LogP contribution in [0.1, 0.15) is 27.7 Å². The fourth-order valence-corrected chi connectivity index (χ4v) is 3.06. The molecule has 1 rings (SSSR count). The third kappa shape index (κ3) is 11.4. The lowest BCUT2D eigenvalue weighted by Crippen LogP contribution is -2.66. The van der Waals surface area contributed by atoms with E-state index in [4.69, 9.17) is 38.9 Å². The van der Waals surface area contributed by atoms with E-state index in [0.29, 0.717) is 26.4 Å². The molecule has 1 fully saturated rings. The summed E-state index contributed by atoms with van der Waals surface area (Å²) < 4.78 is 37.9. The van der Waals surface area contributed by atoms with Crippen LogP contribution >= 0.6 is 0 Å². The van der Waals surface area contributed by atoms with Crippen molar-refractivity contribution in [3.05, 3.63) is 0 Å². The lowest BCUT2D eigenvalue weighted by molar-refractivity contribution is -0.279. The summed E-state index contributed by atoms with van der Waals surface area (Å²) in [6.07, 6.45) is -4.48. The Bertz CT molecular complexity index is 646. The van der Waals surface area contributed by atoms with E-state index < -0.39 is 54.5 Å². The summed E-state index contributed by atoms with van der Waals surface area (Å²) in [7, 11) is 0. The first-order valence-corrected chi connectivity index (χ1v) is 10.5. The Balaban J connectivity index is 2.95. The van der Waals surface area contributed by atoms with Gasteiger partial charge in [0.2, 0.25) is 5.91 Å². The van der Waals surface area contributed by atoms with E-state index in [1.54, 1.807) is 0 Å². The van der Waals surface area contributed by atoms with Gasteiger partial charge in [-0.3, -0.25) is 19.2 Å². The lowest BCUT2D eigenvalue weighted by Gasteiger charge is -2.44. The molecule has 0 saturated carbocycles. The second kappa shape index (κ2) is 15.5. The first-order chi connectivity index (χ1) is 15.6. The zero-order valence-electron chi connectivity index (χ0n) is 19.4. The van der Waals surface area contributed by atoms with Crippen molar-refractivity contribution in [1.82, 2.24) is 5.32 Å². The topological polar surface area (TPSA) is 171 Å². The molecule has 5 atom stereocenters. The molecule has 13 nitrogen and oxygen atoms in total. The Hall–Kier alpha value is -2.32. The van der Waals surface area contributed by atoms with Crippen molar-refractivity contribution in [2.75, 3.05) is 46.2 Å². The number of rotatable bonds is 14. The summed E-state index contributed by atoms with van der Waals surface area (Å²) in [5.74, 6) is -2.40. The van der Waals surface area contributed by atoms with Gasteiger partial charge in [0, 0.05) is 34.2 Å². The Labute approximate surface area is 192 Å². The SMILES string of the molecule is CC(=O)N[C@H]1C(OCCOCCOCCN)O[C@H](COC(C)=O)[C@H](OC(C)=O)[C@@H]1OC(C)=O. The molecule has 0 radical (unpaired) electrons. The van der Waals surface area contributed by atoms with E-state index in [9.17, 15) is 19.2 Å². The van der Waals surface area contributed by atoms with E-state index in [2.05, 4.69) is 5.32 Å². The summed E-state index contributed by atoms with van der Waals surface area (Å²) in [5, 5.41) is 2.61. The molecule has 0 spiro atoms. The van der Waals surface area contributed by atoms with Gasteiger partial charge >= 0.3 is 17.9 Å². The predicted molar refractivity (Wildman–Crippen MR) is 111 cm³/mol. The molecule has 0 aliphatic carbocycles. The third-order valence-corrected chi connectivity index (χ3v) is 4.22. The van der Waals surface area contributed by atoms with Gasteiger partial charge in [-0.05, 0) is 0 Å². The van der Waals surface area contributed by atoms with E-state index >= 15 is 0 Å². The highest BCUT2D eigenvalue weighted by molar-refractivity contribution is 5.73. The van der Waals surface area contributed by atoms with Crippen LogP contribution < -0.4 is 11.1 Å². The smallest absolute Gasteiger partial charge is 0.303 e. The fraction of sp³-hybridized carbons (Fsp3) is 0.800. The highest BCUT2D eigenvalue weighted by Crippen LogP contribution is 2.28. The van der Waals surface area contributed by atoms with Crippen LogP contribution in [0.2, 0.25) is 0 Å². The van der Waals surface area contributed by atoms with Gasteiger partial charge in [0.15, 0.2) is 18.5 Å². The highest BCUT2D eigenvalue weighted by atomic mass is 16.7. The van der Waals surface area contributed by atoms with Gasteiger partial charge in [-0.2, -0.15) is 0 Å². The predicted octanol–water partition coefficient (Wildman–Crippen LogP) is -1.35. The molecular formula is C20H34N2O11. The standard InChI is InChI=1S/C20H34N2O11/c1-12(23)22-17-19(32-15(4)26)18(31-14(3)25)16(11-30-13(2)24)33-20(17)29-10-9-28-8-7-27-6-5-21/h16-20H,5-11,21H2,1-4H3,(H,22,23)/t16-,17-,18+,19-,20?/m1/s1. The van der Waals surface area contributed by atoms with Gasteiger partial charge < -0.3 is 44.2 Å². The molecule has 1 amide bonds. The maximum absolute atomic E-state index is 11.8. The lowest BCUT2D eigenvalue weighted by atomic mass is 9.96. The normalized spacial score (nSPS) is 24.6. The van der Waals surface area contributed by atoms with E-state index in [0.717, 1.165) is 6.92 Å². The number of amides is 1. The monoisotopic (exact) mass is 478 g/mol. The number of carbonyl (C=O) groups excluding carboxylic acids is 4. The van der Waals surface area contributed by atoms with Gasteiger partial charge in [0.25, 0.3) is 0 Å². The molecule has 190 valence electrons. The molecule has 1 aliphatic heterocycles. The van der Waals surface area contributed by atoms with Gasteiger partial charge in [-0.1, -0.05) is 0 Å². The third-order valence-electron chi connectivity index (χ3n) is 4.22.